The summed E-state index contributed by atoms with van der Waals surface area (Å²) in [7, 11) is -0.533. The van der Waals surface area contributed by atoms with E-state index in [0.29, 0.717) is 5.56 Å². The first-order chi connectivity index (χ1) is 9.25. The number of aromatic nitrogens is 1. The molecule has 1 aromatic heterocycles. The van der Waals surface area contributed by atoms with Gasteiger partial charge in [-0.25, -0.2) is 9.37 Å². The van der Waals surface area contributed by atoms with Crippen molar-refractivity contribution in [1.29, 1.82) is 5.26 Å². The Morgan fingerprint density at radius 2 is 1.90 bits per heavy atom. The first kappa shape index (κ1) is 14.7. The molecule has 0 saturated carbocycles. The molecule has 0 amide bonds. The maximum atomic E-state index is 13.2. The Bertz CT molecular complexity index is 577. The highest BCUT2D eigenvalue weighted by atomic mass is 19.1. The highest BCUT2D eigenvalue weighted by Crippen LogP contribution is 2.37. The lowest BCUT2D eigenvalue weighted by Crippen LogP contribution is -2.41. The predicted molar refractivity (Wildman–Crippen MR) is 74.0 cm³/mol. The first-order valence-electron chi connectivity index (χ1n) is 6.35. The van der Waals surface area contributed by atoms with E-state index in [-0.39, 0.29) is 5.69 Å². The van der Waals surface area contributed by atoms with Crippen LogP contribution in [0.3, 0.4) is 0 Å². The number of nitrogens with zero attached hydrogens (tertiary/aromatic N) is 2. The number of hydrogen-bond acceptors (Lipinski definition) is 4. The SMILES string of the molecule is CC1(C)OB(/C=C/c2cc(F)cnc2C#N)OC1(C)C. The third kappa shape index (κ3) is 2.74. The fraction of sp³-hybridized carbons (Fsp3) is 0.429. The van der Waals surface area contributed by atoms with Gasteiger partial charge in [-0.3, -0.25) is 0 Å². The highest BCUT2D eigenvalue weighted by Gasteiger charge is 2.49. The molecule has 1 saturated heterocycles. The lowest BCUT2D eigenvalue weighted by atomic mass is 9.89. The largest absolute Gasteiger partial charge is 0.487 e. The summed E-state index contributed by atoms with van der Waals surface area (Å²) in [6.07, 6.45) is 2.61. The van der Waals surface area contributed by atoms with Gasteiger partial charge in [-0.1, -0.05) is 12.1 Å². The Hall–Kier alpha value is -1.71. The van der Waals surface area contributed by atoms with Gasteiger partial charge in [0.15, 0.2) is 0 Å². The van der Waals surface area contributed by atoms with Crippen LogP contribution in [0, 0.1) is 17.1 Å². The molecule has 0 aromatic carbocycles. The highest BCUT2D eigenvalue weighted by molar-refractivity contribution is 6.52. The number of halogens is 1. The summed E-state index contributed by atoms with van der Waals surface area (Å²) in [6, 6.07) is 3.18. The molecule has 6 heteroatoms. The van der Waals surface area contributed by atoms with Crippen LogP contribution in [0.15, 0.2) is 18.2 Å². The maximum Gasteiger partial charge on any atom is 0.487 e. The molecular formula is C14H16BFN2O2. The number of nitriles is 1. The summed E-state index contributed by atoms with van der Waals surface area (Å²) in [5.41, 5.74) is -0.290. The predicted octanol–water partition coefficient (Wildman–Crippen LogP) is 2.74. The molecular weight excluding hydrogens is 258 g/mol. The van der Waals surface area contributed by atoms with Crippen molar-refractivity contribution in [2.75, 3.05) is 0 Å². The average molecular weight is 274 g/mol. The zero-order chi connectivity index (χ0) is 15.0. The minimum Gasteiger partial charge on any atom is -0.400 e. The Kier molecular flexibility index (Phi) is 3.68. The van der Waals surface area contributed by atoms with Crippen molar-refractivity contribution in [3.8, 4) is 6.07 Å². The summed E-state index contributed by atoms with van der Waals surface area (Å²) in [5, 5.41) is 8.94. The monoisotopic (exact) mass is 274 g/mol. The van der Waals surface area contributed by atoms with Crippen molar-refractivity contribution >= 4 is 13.2 Å². The van der Waals surface area contributed by atoms with E-state index in [9.17, 15) is 4.39 Å². The Morgan fingerprint density at radius 3 is 2.45 bits per heavy atom. The van der Waals surface area contributed by atoms with Gasteiger partial charge >= 0.3 is 7.12 Å². The third-order valence-corrected chi connectivity index (χ3v) is 3.69. The van der Waals surface area contributed by atoms with Gasteiger partial charge in [0.2, 0.25) is 0 Å². The van der Waals surface area contributed by atoms with E-state index in [1.54, 1.807) is 12.1 Å². The first-order valence-corrected chi connectivity index (χ1v) is 6.35. The van der Waals surface area contributed by atoms with Gasteiger partial charge in [-0.15, -0.1) is 0 Å². The lowest BCUT2D eigenvalue weighted by molar-refractivity contribution is 0.00578. The summed E-state index contributed by atoms with van der Waals surface area (Å²) in [6.45, 7) is 7.80. The van der Waals surface area contributed by atoms with Crippen molar-refractivity contribution in [2.45, 2.75) is 38.9 Å². The molecule has 0 unspecified atom stereocenters. The van der Waals surface area contributed by atoms with Gasteiger partial charge in [0.05, 0.1) is 17.4 Å². The average Bonchev–Trinajstić information content (AvgIpc) is 2.55. The van der Waals surface area contributed by atoms with E-state index < -0.39 is 24.1 Å². The van der Waals surface area contributed by atoms with Gasteiger partial charge in [0.1, 0.15) is 17.6 Å². The normalized spacial score (nSPS) is 20.3. The van der Waals surface area contributed by atoms with E-state index in [1.807, 2.05) is 33.8 Å². The van der Waals surface area contributed by atoms with E-state index >= 15 is 0 Å². The van der Waals surface area contributed by atoms with Gasteiger partial charge in [0, 0.05) is 5.56 Å². The Labute approximate surface area is 118 Å². The molecule has 2 heterocycles. The molecule has 4 nitrogen and oxygen atoms in total. The molecule has 0 aliphatic carbocycles. The van der Waals surface area contributed by atoms with Crippen molar-refractivity contribution in [2.24, 2.45) is 0 Å². The van der Waals surface area contributed by atoms with Gasteiger partial charge in [-0.2, -0.15) is 5.26 Å². The van der Waals surface area contributed by atoms with Gasteiger partial charge < -0.3 is 9.31 Å². The fourth-order valence-electron chi connectivity index (χ4n) is 1.82. The smallest absolute Gasteiger partial charge is 0.400 e. The molecule has 1 aromatic rings. The topological polar surface area (TPSA) is 55.1 Å². The molecule has 0 bridgehead atoms. The second-order valence-corrected chi connectivity index (χ2v) is 5.69. The zero-order valence-corrected chi connectivity index (χ0v) is 12.0. The van der Waals surface area contributed by atoms with Crippen molar-refractivity contribution in [3.63, 3.8) is 0 Å². The molecule has 1 aliphatic heterocycles. The van der Waals surface area contributed by atoms with Crippen LogP contribution in [0.2, 0.25) is 0 Å². The molecule has 0 radical (unpaired) electrons. The van der Waals surface area contributed by atoms with Gasteiger partial charge in [-0.05, 0) is 33.8 Å². The van der Waals surface area contributed by atoms with Crippen LogP contribution < -0.4 is 0 Å². The van der Waals surface area contributed by atoms with Crippen LogP contribution in [-0.4, -0.2) is 23.3 Å². The van der Waals surface area contributed by atoms with Crippen LogP contribution in [-0.2, 0) is 9.31 Å². The van der Waals surface area contributed by atoms with Crippen LogP contribution in [0.25, 0.3) is 6.08 Å². The molecule has 1 aliphatic rings. The minimum atomic E-state index is -0.533. The standard InChI is InChI=1S/C14H16BFN2O2/c1-13(2)14(3,4)20-15(19-13)6-5-10-7-11(16)9-18-12(10)8-17/h5-7,9H,1-4H3/b6-5+. The van der Waals surface area contributed by atoms with Crippen molar-refractivity contribution < 1.29 is 13.7 Å². The van der Waals surface area contributed by atoms with Crippen LogP contribution >= 0.6 is 0 Å². The quantitative estimate of drug-likeness (QED) is 0.778. The number of pyridine rings is 1. The summed E-state index contributed by atoms with van der Waals surface area (Å²) in [5.74, 6) is 1.17. The molecule has 0 spiro atoms. The molecule has 0 N–H and O–H groups in total. The summed E-state index contributed by atoms with van der Waals surface area (Å²) >= 11 is 0. The minimum absolute atomic E-state index is 0.166. The summed E-state index contributed by atoms with van der Waals surface area (Å²) < 4.78 is 24.7. The molecule has 104 valence electrons. The van der Waals surface area contributed by atoms with Crippen LogP contribution in [0.4, 0.5) is 4.39 Å². The van der Waals surface area contributed by atoms with E-state index in [2.05, 4.69) is 4.98 Å². The maximum absolute atomic E-state index is 13.2. The zero-order valence-electron chi connectivity index (χ0n) is 12.0. The van der Waals surface area contributed by atoms with Gasteiger partial charge in [0.25, 0.3) is 0 Å². The van der Waals surface area contributed by atoms with E-state index in [4.69, 9.17) is 14.6 Å². The third-order valence-electron chi connectivity index (χ3n) is 3.69. The lowest BCUT2D eigenvalue weighted by Gasteiger charge is -2.32. The molecule has 0 atom stereocenters. The van der Waals surface area contributed by atoms with Crippen LogP contribution in [0.5, 0.6) is 0 Å². The fourth-order valence-corrected chi connectivity index (χ4v) is 1.82. The van der Waals surface area contributed by atoms with Crippen molar-refractivity contribution in [1.82, 2.24) is 4.98 Å². The second kappa shape index (κ2) is 5.00. The molecule has 2 rings (SSSR count). The number of hydrogen-bond donors (Lipinski definition) is 0. The Balaban J connectivity index is 2.20. The number of rotatable bonds is 2. The van der Waals surface area contributed by atoms with E-state index in [1.165, 1.54) is 6.07 Å². The second-order valence-electron chi connectivity index (χ2n) is 5.69. The molecule has 20 heavy (non-hydrogen) atoms. The van der Waals surface area contributed by atoms with E-state index in [0.717, 1.165) is 6.20 Å². The Morgan fingerprint density at radius 1 is 1.30 bits per heavy atom. The van der Waals surface area contributed by atoms with Crippen LogP contribution in [0.1, 0.15) is 39.0 Å². The molecule has 1 fully saturated rings. The van der Waals surface area contributed by atoms with Crippen molar-refractivity contribution in [3.05, 3.63) is 35.3 Å². The summed E-state index contributed by atoms with van der Waals surface area (Å²) in [4.78, 5) is 3.73.